The lowest BCUT2D eigenvalue weighted by Gasteiger charge is -2.09. The van der Waals surface area contributed by atoms with Crippen LogP contribution in [0.15, 0.2) is 53.1 Å². The van der Waals surface area contributed by atoms with Crippen LogP contribution in [0.5, 0.6) is 0 Å². The van der Waals surface area contributed by atoms with Gasteiger partial charge in [0.2, 0.25) is 5.82 Å². The standard InChI is InChI=1S/C19H20ClN3O/c1-3-14-4-6-16(7-5-14)19-22-18(24-23-19)12-21-13(2)15-8-10-17(20)11-9-15/h4-11,13,21H,3,12H2,1-2H3/p+1/t13-/m1/s1. The average molecular weight is 343 g/mol. The maximum atomic E-state index is 5.93. The highest BCUT2D eigenvalue weighted by atomic mass is 35.5. The van der Waals surface area contributed by atoms with E-state index in [0.29, 0.717) is 24.3 Å². The Morgan fingerprint density at radius 2 is 1.79 bits per heavy atom. The SMILES string of the molecule is CCc1ccc(-c2noc(C[NH2+][C@H](C)c3ccc(Cl)cc3)n2)cc1. The predicted molar refractivity (Wildman–Crippen MR) is 94.6 cm³/mol. The van der Waals surface area contributed by atoms with Crippen molar-refractivity contribution in [3.05, 3.63) is 70.6 Å². The van der Waals surface area contributed by atoms with Gasteiger partial charge in [-0.3, -0.25) is 0 Å². The van der Waals surface area contributed by atoms with Crippen LogP contribution in [0.3, 0.4) is 0 Å². The first-order valence-electron chi connectivity index (χ1n) is 8.16. The summed E-state index contributed by atoms with van der Waals surface area (Å²) in [4.78, 5) is 4.49. The molecule has 0 aliphatic heterocycles. The van der Waals surface area contributed by atoms with E-state index in [1.54, 1.807) is 0 Å². The third-order valence-corrected chi connectivity index (χ3v) is 4.38. The Morgan fingerprint density at radius 3 is 2.46 bits per heavy atom. The molecule has 3 aromatic rings. The highest BCUT2D eigenvalue weighted by molar-refractivity contribution is 6.30. The molecule has 0 aliphatic rings. The molecule has 1 aromatic heterocycles. The predicted octanol–water partition coefficient (Wildman–Crippen LogP) is 3.78. The smallest absolute Gasteiger partial charge is 0.282 e. The van der Waals surface area contributed by atoms with Crippen LogP contribution >= 0.6 is 11.6 Å². The van der Waals surface area contributed by atoms with E-state index in [2.05, 4.69) is 41.4 Å². The first-order chi connectivity index (χ1) is 11.7. The molecule has 2 aromatic carbocycles. The van der Waals surface area contributed by atoms with Gasteiger partial charge in [0.1, 0.15) is 6.04 Å². The van der Waals surface area contributed by atoms with Crippen LogP contribution in [0, 0.1) is 0 Å². The summed E-state index contributed by atoms with van der Waals surface area (Å²) in [5.74, 6) is 1.27. The molecule has 0 fully saturated rings. The lowest BCUT2D eigenvalue weighted by atomic mass is 10.1. The maximum absolute atomic E-state index is 5.93. The monoisotopic (exact) mass is 342 g/mol. The number of halogens is 1. The van der Waals surface area contributed by atoms with Crippen LogP contribution in [0.1, 0.15) is 36.9 Å². The molecule has 0 saturated carbocycles. The number of hydrogen-bond acceptors (Lipinski definition) is 3. The molecular formula is C19H21ClN3O+. The summed E-state index contributed by atoms with van der Waals surface area (Å²) < 4.78 is 5.37. The van der Waals surface area contributed by atoms with Gasteiger partial charge in [-0.1, -0.05) is 60.1 Å². The molecule has 3 rings (SSSR count). The number of benzene rings is 2. The van der Waals surface area contributed by atoms with E-state index in [0.717, 1.165) is 17.0 Å². The molecule has 4 nitrogen and oxygen atoms in total. The molecule has 2 N–H and O–H groups in total. The molecule has 124 valence electrons. The number of hydrogen-bond donors (Lipinski definition) is 1. The van der Waals surface area contributed by atoms with Gasteiger partial charge in [0.15, 0.2) is 6.54 Å². The molecule has 1 atom stereocenters. The molecular weight excluding hydrogens is 322 g/mol. The van der Waals surface area contributed by atoms with Gasteiger partial charge in [-0.2, -0.15) is 4.98 Å². The van der Waals surface area contributed by atoms with Crippen LogP contribution in [-0.4, -0.2) is 10.1 Å². The highest BCUT2D eigenvalue weighted by Crippen LogP contribution is 2.17. The normalized spacial score (nSPS) is 12.3. The second kappa shape index (κ2) is 7.60. The van der Waals surface area contributed by atoms with Gasteiger partial charge >= 0.3 is 0 Å². The van der Waals surface area contributed by atoms with Crippen LogP contribution in [-0.2, 0) is 13.0 Å². The van der Waals surface area contributed by atoms with Crippen molar-refractivity contribution in [1.29, 1.82) is 0 Å². The zero-order chi connectivity index (χ0) is 16.9. The Morgan fingerprint density at radius 1 is 1.08 bits per heavy atom. The first kappa shape index (κ1) is 16.7. The van der Waals surface area contributed by atoms with E-state index < -0.39 is 0 Å². The maximum Gasteiger partial charge on any atom is 0.282 e. The van der Waals surface area contributed by atoms with E-state index in [1.165, 1.54) is 11.1 Å². The van der Waals surface area contributed by atoms with E-state index in [4.69, 9.17) is 16.1 Å². The summed E-state index contributed by atoms with van der Waals surface area (Å²) >= 11 is 5.93. The van der Waals surface area contributed by atoms with Crippen LogP contribution in [0.4, 0.5) is 0 Å². The summed E-state index contributed by atoms with van der Waals surface area (Å²) in [6, 6.07) is 16.5. The van der Waals surface area contributed by atoms with E-state index in [9.17, 15) is 0 Å². The number of nitrogens with zero attached hydrogens (tertiary/aromatic N) is 2. The molecule has 0 radical (unpaired) electrons. The van der Waals surface area contributed by atoms with Crippen molar-refractivity contribution < 1.29 is 9.84 Å². The molecule has 0 spiro atoms. The number of quaternary nitrogens is 1. The Hall–Kier alpha value is -2.17. The summed E-state index contributed by atoms with van der Waals surface area (Å²) in [7, 11) is 0. The molecule has 0 bridgehead atoms. The van der Waals surface area contributed by atoms with Crippen molar-refractivity contribution in [2.75, 3.05) is 0 Å². The van der Waals surface area contributed by atoms with Crippen molar-refractivity contribution in [3.63, 3.8) is 0 Å². The van der Waals surface area contributed by atoms with Gasteiger partial charge in [0, 0.05) is 16.1 Å². The second-order valence-electron chi connectivity index (χ2n) is 5.84. The van der Waals surface area contributed by atoms with Crippen molar-refractivity contribution in [3.8, 4) is 11.4 Å². The van der Waals surface area contributed by atoms with Crippen molar-refractivity contribution in [2.45, 2.75) is 32.9 Å². The number of rotatable bonds is 6. The summed E-state index contributed by atoms with van der Waals surface area (Å²) in [5.41, 5.74) is 3.50. The molecule has 24 heavy (non-hydrogen) atoms. The van der Waals surface area contributed by atoms with Gasteiger partial charge in [-0.25, -0.2) is 0 Å². The van der Waals surface area contributed by atoms with E-state index >= 15 is 0 Å². The molecule has 0 amide bonds. The van der Waals surface area contributed by atoms with Crippen molar-refractivity contribution >= 4 is 11.6 Å². The molecule has 0 aliphatic carbocycles. The van der Waals surface area contributed by atoms with Gasteiger partial charge in [-0.15, -0.1) is 0 Å². The molecule has 0 unspecified atom stereocenters. The fraction of sp³-hybridized carbons (Fsp3) is 0.263. The Labute approximate surface area is 146 Å². The Balaban J connectivity index is 1.62. The Bertz CT molecular complexity index is 781. The van der Waals surface area contributed by atoms with E-state index in [1.807, 2.05) is 36.4 Å². The minimum Gasteiger partial charge on any atom is -0.333 e. The van der Waals surface area contributed by atoms with Crippen LogP contribution in [0.25, 0.3) is 11.4 Å². The van der Waals surface area contributed by atoms with Gasteiger partial charge in [0.05, 0.1) is 0 Å². The molecule has 5 heteroatoms. The quantitative estimate of drug-likeness (QED) is 0.741. The summed E-state index contributed by atoms with van der Waals surface area (Å²) in [6.45, 7) is 4.92. The Kier molecular flexibility index (Phi) is 5.28. The average Bonchev–Trinajstić information content (AvgIpc) is 3.09. The van der Waals surface area contributed by atoms with Gasteiger partial charge < -0.3 is 9.84 Å². The lowest BCUT2D eigenvalue weighted by molar-refractivity contribution is -0.710. The van der Waals surface area contributed by atoms with Gasteiger partial charge in [0.25, 0.3) is 5.89 Å². The van der Waals surface area contributed by atoms with Crippen LogP contribution < -0.4 is 5.32 Å². The largest absolute Gasteiger partial charge is 0.333 e. The van der Waals surface area contributed by atoms with Gasteiger partial charge in [-0.05, 0) is 31.0 Å². The number of aryl methyl sites for hydroxylation is 1. The summed E-state index contributed by atoms with van der Waals surface area (Å²) in [6.07, 6.45) is 1.02. The second-order valence-corrected chi connectivity index (χ2v) is 6.28. The van der Waals surface area contributed by atoms with Crippen LogP contribution in [0.2, 0.25) is 5.02 Å². The minimum absolute atomic E-state index is 0.293. The highest BCUT2D eigenvalue weighted by Gasteiger charge is 2.13. The molecule has 0 saturated heterocycles. The zero-order valence-electron chi connectivity index (χ0n) is 13.9. The third-order valence-electron chi connectivity index (χ3n) is 4.13. The molecule has 1 heterocycles. The third kappa shape index (κ3) is 4.02. The number of aromatic nitrogens is 2. The number of nitrogens with two attached hydrogens (primary N) is 1. The fourth-order valence-electron chi connectivity index (χ4n) is 2.52. The topological polar surface area (TPSA) is 55.5 Å². The fourth-order valence-corrected chi connectivity index (χ4v) is 2.65. The first-order valence-corrected chi connectivity index (χ1v) is 8.54. The lowest BCUT2D eigenvalue weighted by Crippen LogP contribution is -2.83. The van der Waals surface area contributed by atoms with E-state index in [-0.39, 0.29) is 0 Å². The minimum atomic E-state index is 0.293. The zero-order valence-corrected chi connectivity index (χ0v) is 14.6. The van der Waals surface area contributed by atoms with Crippen molar-refractivity contribution in [1.82, 2.24) is 10.1 Å². The summed E-state index contributed by atoms with van der Waals surface area (Å²) in [5, 5.41) is 7.00. The van der Waals surface area contributed by atoms with Crippen molar-refractivity contribution in [2.24, 2.45) is 0 Å².